The predicted molar refractivity (Wildman–Crippen MR) is 104 cm³/mol. The van der Waals surface area contributed by atoms with Crippen molar-refractivity contribution in [1.29, 1.82) is 5.26 Å². The number of allylic oxidation sites excluding steroid dienone is 2. The fourth-order valence-corrected chi connectivity index (χ4v) is 2.94. The first-order valence-corrected chi connectivity index (χ1v) is 8.92. The molecule has 0 spiro atoms. The number of aliphatic hydroxyl groups excluding tert-OH is 1. The molecule has 0 saturated carbocycles. The first-order chi connectivity index (χ1) is 14.7. The first-order valence-electron chi connectivity index (χ1n) is 8.92. The van der Waals surface area contributed by atoms with Crippen LogP contribution in [0.5, 0.6) is 0 Å². The lowest BCUT2D eigenvalue weighted by molar-refractivity contribution is -0.137. The van der Waals surface area contributed by atoms with E-state index in [2.05, 4.69) is 15.6 Å². The highest BCUT2D eigenvalue weighted by atomic mass is 19.4. The number of benzene rings is 1. The van der Waals surface area contributed by atoms with Crippen LogP contribution in [0.3, 0.4) is 0 Å². The van der Waals surface area contributed by atoms with Gasteiger partial charge in [0.25, 0.3) is 0 Å². The number of rotatable bonds is 4. The zero-order chi connectivity index (χ0) is 22.6. The Kier molecular flexibility index (Phi) is 6.06. The van der Waals surface area contributed by atoms with Gasteiger partial charge in [-0.05, 0) is 36.4 Å². The average Bonchev–Trinajstić information content (AvgIpc) is 2.72. The van der Waals surface area contributed by atoms with Crippen LogP contribution in [0, 0.1) is 11.3 Å². The molecular weight excluding hydrogens is 413 g/mol. The van der Waals surface area contributed by atoms with Crippen molar-refractivity contribution < 1.29 is 27.9 Å². The van der Waals surface area contributed by atoms with Crippen LogP contribution in [0.4, 0.5) is 23.7 Å². The molecule has 0 radical (unpaired) electrons. The average molecular weight is 428 g/mol. The van der Waals surface area contributed by atoms with Gasteiger partial charge in [-0.3, -0.25) is 9.78 Å². The Morgan fingerprint density at radius 3 is 2.65 bits per heavy atom. The summed E-state index contributed by atoms with van der Waals surface area (Å²) in [7, 11) is 0. The Balaban J connectivity index is 1.90. The van der Waals surface area contributed by atoms with Crippen molar-refractivity contribution in [2.75, 3.05) is 5.32 Å². The summed E-state index contributed by atoms with van der Waals surface area (Å²) in [6, 6.07) is 6.63. The molecule has 3 N–H and O–H groups in total. The molecule has 0 bridgehead atoms. The zero-order valence-electron chi connectivity index (χ0n) is 15.8. The Bertz CT molecular complexity index is 1120. The minimum atomic E-state index is -4.58. The smallest absolute Gasteiger partial charge is 0.416 e. The topological polar surface area (TPSA) is 115 Å². The number of urea groups is 1. The van der Waals surface area contributed by atoms with Crippen LogP contribution in [-0.4, -0.2) is 21.9 Å². The molecule has 0 saturated heterocycles. The molecule has 1 aliphatic rings. The van der Waals surface area contributed by atoms with E-state index >= 15 is 0 Å². The van der Waals surface area contributed by atoms with Gasteiger partial charge in [-0.15, -0.1) is 0 Å². The van der Waals surface area contributed by atoms with Crippen LogP contribution in [-0.2, 0) is 11.0 Å². The maximum Gasteiger partial charge on any atom is 0.416 e. The highest BCUT2D eigenvalue weighted by Gasteiger charge is 2.31. The van der Waals surface area contributed by atoms with Crippen LogP contribution in [0.2, 0.25) is 0 Å². The Labute approximate surface area is 174 Å². The molecule has 1 atom stereocenters. The minimum absolute atomic E-state index is 0.0108. The summed E-state index contributed by atoms with van der Waals surface area (Å²) in [6.07, 6.45) is -0.605. The van der Waals surface area contributed by atoms with Gasteiger partial charge in [0, 0.05) is 18.3 Å². The third-order valence-electron chi connectivity index (χ3n) is 4.38. The highest BCUT2D eigenvalue weighted by molar-refractivity contribution is 6.00. The number of nitriles is 1. The summed E-state index contributed by atoms with van der Waals surface area (Å²) in [5.74, 6) is -0.831. The molecule has 0 fully saturated rings. The summed E-state index contributed by atoms with van der Waals surface area (Å²) < 4.78 is 38.7. The number of carbonyl (C=O) groups is 2. The number of nitrogens with zero attached hydrogens (tertiary/aromatic N) is 2. The van der Waals surface area contributed by atoms with Crippen LogP contribution in [0.15, 0.2) is 66.1 Å². The molecule has 1 aromatic heterocycles. The van der Waals surface area contributed by atoms with Crippen molar-refractivity contribution in [3.63, 3.8) is 0 Å². The number of aliphatic hydroxyl groups is 1. The molecule has 3 rings (SSSR count). The summed E-state index contributed by atoms with van der Waals surface area (Å²) in [5.41, 5.74) is -0.790. The molecule has 1 aromatic carbocycles. The number of amides is 2. The Morgan fingerprint density at radius 1 is 1.26 bits per heavy atom. The number of aromatic nitrogens is 1. The van der Waals surface area contributed by atoms with Gasteiger partial charge < -0.3 is 15.7 Å². The quantitative estimate of drug-likeness (QED) is 0.676. The van der Waals surface area contributed by atoms with Gasteiger partial charge >= 0.3 is 12.2 Å². The van der Waals surface area contributed by atoms with Crippen molar-refractivity contribution in [3.05, 3.63) is 82.9 Å². The number of carbonyl (C=O) groups excluding carboxylic acids is 2. The molecule has 1 heterocycles. The van der Waals surface area contributed by atoms with Crippen LogP contribution >= 0.6 is 0 Å². The third kappa shape index (κ3) is 5.08. The number of ketones is 1. The van der Waals surface area contributed by atoms with Crippen LogP contribution < -0.4 is 10.6 Å². The number of pyridine rings is 1. The van der Waals surface area contributed by atoms with E-state index in [9.17, 15) is 27.9 Å². The van der Waals surface area contributed by atoms with E-state index in [1.54, 1.807) is 0 Å². The van der Waals surface area contributed by atoms with Gasteiger partial charge in [-0.1, -0.05) is 12.1 Å². The second-order valence-electron chi connectivity index (χ2n) is 6.52. The van der Waals surface area contributed by atoms with Crippen LogP contribution in [0.1, 0.15) is 29.3 Å². The molecule has 2 aromatic rings. The molecule has 158 valence electrons. The molecule has 1 aliphatic carbocycles. The monoisotopic (exact) mass is 428 g/mol. The molecule has 2 amide bonds. The van der Waals surface area contributed by atoms with Gasteiger partial charge in [0.15, 0.2) is 5.78 Å². The van der Waals surface area contributed by atoms with Crippen molar-refractivity contribution in [3.8, 4) is 6.07 Å². The maximum atomic E-state index is 12.9. The van der Waals surface area contributed by atoms with Gasteiger partial charge in [0.05, 0.1) is 22.4 Å². The predicted octanol–water partition coefficient (Wildman–Crippen LogP) is 4.18. The van der Waals surface area contributed by atoms with E-state index in [-0.39, 0.29) is 34.7 Å². The van der Waals surface area contributed by atoms with Crippen molar-refractivity contribution >= 4 is 17.5 Å². The summed E-state index contributed by atoms with van der Waals surface area (Å²) in [6.45, 7) is 0. The normalized spacial score (nSPS) is 14.7. The standard InChI is InChI=1S/C21H15F3N4O3/c22-21(23,24)13-3-1-4-14(9-13)27-20(31)28-19(15-8-7-12(10-25)11-26-15)18-16(29)5-2-6-17(18)30/h1-5,7-9,11,19,29H,6H2,(H2,27,28,31). The molecular formula is C21H15F3N4O3. The maximum absolute atomic E-state index is 12.9. The van der Waals surface area contributed by atoms with Crippen molar-refractivity contribution in [2.24, 2.45) is 0 Å². The number of halogens is 3. The fraction of sp³-hybridized carbons (Fsp3) is 0.143. The summed E-state index contributed by atoms with van der Waals surface area (Å²) in [5, 5.41) is 23.9. The molecule has 0 aliphatic heterocycles. The SMILES string of the molecule is N#Cc1ccc(C(NC(=O)Nc2cccc(C(F)(F)F)c2)C2=C(O)C=CCC2=O)nc1. The van der Waals surface area contributed by atoms with Crippen LogP contribution in [0.25, 0.3) is 0 Å². The van der Waals surface area contributed by atoms with Crippen molar-refractivity contribution in [2.45, 2.75) is 18.6 Å². The van der Waals surface area contributed by atoms with E-state index < -0.39 is 29.6 Å². The third-order valence-corrected chi connectivity index (χ3v) is 4.38. The number of hydrogen-bond donors (Lipinski definition) is 3. The number of hydrogen-bond acceptors (Lipinski definition) is 5. The van der Waals surface area contributed by atoms with Gasteiger partial charge in [-0.25, -0.2) is 4.79 Å². The van der Waals surface area contributed by atoms with Gasteiger partial charge in [-0.2, -0.15) is 18.4 Å². The second-order valence-corrected chi connectivity index (χ2v) is 6.52. The zero-order valence-corrected chi connectivity index (χ0v) is 15.8. The van der Waals surface area contributed by atoms with Crippen molar-refractivity contribution in [1.82, 2.24) is 10.3 Å². The second kappa shape index (κ2) is 8.71. The molecule has 10 heteroatoms. The van der Waals surface area contributed by atoms with E-state index in [1.165, 1.54) is 36.5 Å². The summed E-state index contributed by atoms with van der Waals surface area (Å²) >= 11 is 0. The number of Topliss-reactive ketones (excluding diaryl/α,β-unsaturated/α-hetero) is 1. The fourth-order valence-electron chi connectivity index (χ4n) is 2.94. The molecule has 1 unspecified atom stereocenters. The molecule has 7 nitrogen and oxygen atoms in total. The van der Waals surface area contributed by atoms with E-state index in [0.29, 0.717) is 0 Å². The largest absolute Gasteiger partial charge is 0.507 e. The molecule has 31 heavy (non-hydrogen) atoms. The van der Waals surface area contributed by atoms with E-state index in [4.69, 9.17) is 5.26 Å². The number of alkyl halides is 3. The van der Waals surface area contributed by atoms with Gasteiger partial charge in [0.2, 0.25) is 0 Å². The number of anilines is 1. The summed E-state index contributed by atoms with van der Waals surface area (Å²) in [4.78, 5) is 29.0. The number of nitrogens with one attached hydrogen (secondary N) is 2. The first kappa shape index (κ1) is 21.6. The Morgan fingerprint density at radius 2 is 2.03 bits per heavy atom. The van der Waals surface area contributed by atoms with Gasteiger partial charge in [0.1, 0.15) is 17.9 Å². The van der Waals surface area contributed by atoms with E-state index in [0.717, 1.165) is 18.2 Å². The minimum Gasteiger partial charge on any atom is -0.507 e. The lowest BCUT2D eigenvalue weighted by Gasteiger charge is -2.23. The lowest BCUT2D eigenvalue weighted by Crippen LogP contribution is -2.36. The Hall–Kier alpha value is -4.13. The highest BCUT2D eigenvalue weighted by Crippen LogP contribution is 2.31. The van der Waals surface area contributed by atoms with E-state index in [1.807, 2.05) is 6.07 Å². The lowest BCUT2D eigenvalue weighted by atomic mass is 9.92.